The Bertz CT molecular complexity index is 2230. The molecule has 0 spiro atoms. The second-order valence-corrected chi connectivity index (χ2v) is 13.6. The van der Waals surface area contributed by atoms with E-state index in [1.807, 2.05) is 0 Å². The summed E-state index contributed by atoms with van der Waals surface area (Å²) in [5.41, 5.74) is 2.82. The predicted molar refractivity (Wildman–Crippen MR) is 202 cm³/mol. The number of aromatic amines is 4. The molecular weight excluding hydrogens is 790 g/mol. The van der Waals surface area contributed by atoms with Gasteiger partial charge in [0, 0.05) is 60.7 Å². The number of nitrogens with zero attached hydrogens (tertiary/aromatic N) is 4. The lowest BCUT2D eigenvalue weighted by atomic mass is 10.2. The Balaban J connectivity index is 0.000000179. The molecule has 0 aromatic carbocycles. The lowest BCUT2D eigenvalue weighted by Gasteiger charge is -2.14. The summed E-state index contributed by atoms with van der Waals surface area (Å²) in [6.45, 7) is 3.79. The van der Waals surface area contributed by atoms with Crippen LogP contribution < -0.4 is 45.2 Å². The van der Waals surface area contributed by atoms with Crippen LogP contribution in [-0.2, 0) is 14.2 Å². The van der Waals surface area contributed by atoms with Gasteiger partial charge in [-0.15, -0.1) is 0 Å². The first-order valence-corrected chi connectivity index (χ1v) is 18.0. The predicted octanol–water partition coefficient (Wildman–Crippen LogP) is -5.19. The van der Waals surface area contributed by atoms with Crippen molar-refractivity contribution in [3.05, 3.63) is 121 Å². The Morgan fingerprint density at radius 3 is 1.12 bits per heavy atom. The van der Waals surface area contributed by atoms with E-state index < -0.39 is 94.7 Å². The molecule has 59 heavy (non-hydrogen) atoms. The van der Waals surface area contributed by atoms with Crippen molar-refractivity contribution in [2.24, 2.45) is 0 Å². The number of hydrogen-bond acceptors (Lipinski definition) is 18. The fourth-order valence-electron chi connectivity index (χ4n) is 5.93. The van der Waals surface area contributed by atoms with Crippen LogP contribution in [0.3, 0.4) is 0 Å². The fourth-order valence-corrected chi connectivity index (χ4v) is 5.93. The molecule has 7 heterocycles. The number of nitrogen functional groups attached to an aromatic ring is 1. The van der Waals surface area contributed by atoms with Crippen LogP contribution in [0.25, 0.3) is 0 Å². The minimum absolute atomic E-state index is 0.205. The van der Waals surface area contributed by atoms with E-state index in [9.17, 15) is 48.9 Å². The minimum atomic E-state index is -0.816. The lowest BCUT2D eigenvalue weighted by molar-refractivity contribution is -0.0459. The minimum Gasteiger partial charge on any atom is -0.394 e. The highest BCUT2D eigenvalue weighted by molar-refractivity contribution is 5.22. The summed E-state index contributed by atoms with van der Waals surface area (Å²) in [5.74, 6) is 0.338. The summed E-state index contributed by atoms with van der Waals surface area (Å²) in [6.07, 6.45) is -0.386. The van der Waals surface area contributed by atoms with E-state index in [-0.39, 0.29) is 39.1 Å². The molecule has 0 bridgehead atoms. The van der Waals surface area contributed by atoms with Gasteiger partial charge in [0.25, 0.3) is 16.7 Å². The fraction of sp³-hybridized carbons (Fsp3) is 0.529. The van der Waals surface area contributed by atoms with Gasteiger partial charge in [0.05, 0.1) is 38.1 Å². The molecule has 4 aromatic rings. The van der Waals surface area contributed by atoms with E-state index >= 15 is 0 Å². The average molecular weight is 838 g/mol. The molecule has 0 saturated carbocycles. The van der Waals surface area contributed by atoms with Gasteiger partial charge in [-0.25, -0.2) is 24.2 Å². The second-order valence-electron chi connectivity index (χ2n) is 13.6. The number of aromatic nitrogens is 8. The molecule has 324 valence electrons. The number of H-pyrrole nitrogens is 4. The summed E-state index contributed by atoms with van der Waals surface area (Å²) in [5, 5.41) is 55.5. The largest absolute Gasteiger partial charge is 0.394 e. The molecule has 25 nitrogen and oxygen atoms in total. The van der Waals surface area contributed by atoms with Gasteiger partial charge in [-0.3, -0.25) is 48.0 Å². The lowest BCUT2D eigenvalue weighted by Crippen LogP contribution is -2.33. The maximum absolute atomic E-state index is 11.6. The van der Waals surface area contributed by atoms with E-state index in [1.54, 1.807) is 20.8 Å². The van der Waals surface area contributed by atoms with Crippen molar-refractivity contribution in [2.45, 2.75) is 95.3 Å². The molecule has 3 aliphatic heterocycles. The Hall–Kier alpha value is -5.64. The molecule has 0 aliphatic carbocycles. The van der Waals surface area contributed by atoms with Crippen molar-refractivity contribution < 1.29 is 44.8 Å². The number of aryl methyl sites for hydroxylation is 3. The van der Waals surface area contributed by atoms with Crippen LogP contribution >= 0.6 is 0 Å². The van der Waals surface area contributed by atoms with Crippen molar-refractivity contribution in [1.82, 2.24) is 38.6 Å². The second kappa shape index (κ2) is 20.4. The molecule has 4 aromatic heterocycles. The van der Waals surface area contributed by atoms with Crippen molar-refractivity contribution in [2.75, 3.05) is 25.6 Å². The molecule has 9 atom stereocenters. The number of hydrogen-bond donors (Lipinski definition) is 11. The van der Waals surface area contributed by atoms with Gasteiger partial charge in [0.2, 0.25) is 0 Å². The number of nitrogens with two attached hydrogens (primary N) is 1. The van der Waals surface area contributed by atoms with E-state index in [0.717, 1.165) is 0 Å². The van der Waals surface area contributed by atoms with Crippen LogP contribution in [0.15, 0.2) is 64.4 Å². The normalized spacial score (nSPS) is 25.9. The molecule has 3 fully saturated rings. The summed E-state index contributed by atoms with van der Waals surface area (Å²) < 4.78 is 19.6. The Morgan fingerprint density at radius 2 is 0.898 bits per heavy atom. The summed E-state index contributed by atoms with van der Waals surface area (Å²) in [4.78, 5) is 90.6. The van der Waals surface area contributed by atoms with Crippen LogP contribution in [0, 0.1) is 20.8 Å². The van der Waals surface area contributed by atoms with Crippen LogP contribution in [0.4, 0.5) is 5.82 Å². The van der Waals surface area contributed by atoms with Gasteiger partial charge < -0.3 is 50.6 Å². The SMILES string of the molecule is Cc1cn([C@H]2C[C@H](O)[C@@H](CO)O2)c(=O)[nH]c1=O.Cc1cn([C@H]2C[C@H](O)[C@@H](CO)O2)c(=O)[nH]c1=O.Cc1cn([C@H]2C[C@H](O)[C@@H](CO)O2)c(=O)[nH]c1=O.Nc1ccnc(=O)[nH]1. The smallest absolute Gasteiger partial charge is 0.346 e. The van der Waals surface area contributed by atoms with E-state index in [0.29, 0.717) is 22.5 Å². The molecule has 3 saturated heterocycles. The number of rotatable bonds is 6. The first kappa shape index (κ1) is 46.1. The highest BCUT2D eigenvalue weighted by Gasteiger charge is 2.37. The van der Waals surface area contributed by atoms with E-state index in [4.69, 9.17) is 35.3 Å². The number of aliphatic hydroxyl groups excluding tert-OH is 6. The number of anilines is 1. The topological polar surface area (TPSA) is 385 Å². The van der Waals surface area contributed by atoms with Crippen LogP contribution in [0.1, 0.15) is 54.6 Å². The van der Waals surface area contributed by atoms with Crippen molar-refractivity contribution >= 4 is 5.82 Å². The van der Waals surface area contributed by atoms with Gasteiger partial charge in [0.15, 0.2) is 0 Å². The third kappa shape index (κ3) is 11.7. The highest BCUT2D eigenvalue weighted by atomic mass is 16.6. The van der Waals surface area contributed by atoms with Gasteiger partial charge in [-0.05, 0) is 26.8 Å². The highest BCUT2D eigenvalue weighted by Crippen LogP contribution is 2.29. The zero-order valence-electron chi connectivity index (χ0n) is 32.0. The van der Waals surface area contributed by atoms with Crippen molar-refractivity contribution in [3.8, 4) is 0 Å². The quantitative estimate of drug-likeness (QED) is 0.0864. The van der Waals surface area contributed by atoms with Crippen LogP contribution in [0.5, 0.6) is 0 Å². The van der Waals surface area contributed by atoms with Crippen LogP contribution in [-0.4, -0.2) is 126 Å². The molecule has 3 aliphatic rings. The van der Waals surface area contributed by atoms with Gasteiger partial charge in [-0.1, -0.05) is 0 Å². The monoisotopic (exact) mass is 837 g/mol. The summed E-state index contributed by atoms with van der Waals surface area (Å²) >= 11 is 0. The zero-order chi connectivity index (χ0) is 43.7. The molecule has 12 N–H and O–H groups in total. The number of nitrogens with one attached hydrogen (secondary N) is 4. The number of ether oxygens (including phenoxy) is 3. The number of aliphatic hydroxyl groups is 6. The maximum atomic E-state index is 11.6. The Labute approximate surface area is 330 Å². The molecule has 0 radical (unpaired) electrons. The summed E-state index contributed by atoms with van der Waals surface area (Å²) in [6, 6.07) is 1.52. The first-order chi connectivity index (χ1) is 27.9. The van der Waals surface area contributed by atoms with E-state index in [1.165, 1.54) is 44.6 Å². The average Bonchev–Trinajstić information content (AvgIpc) is 3.88. The van der Waals surface area contributed by atoms with Crippen LogP contribution in [0.2, 0.25) is 0 Å². The third-order valence-corrected chi connectivity index (χ3v) is 9.22. The molecular formula is C34H47N9O16. The molecule has 0 unspecified atom stereocenters. The third-order valence-electron chi connectivity index (χ3n) is 9.22. The van der Waals surface area contributed by atoms with E-state index in [2.05, 4.69) is 24.9 Å². The maximum Gasteiger partial charge on any atom is 0.346 e. The van der Waals surface area contributed by atoms with Crippen molar-refractivity contribution in [3.63, 3.8) is 0 Å². The Kier molecular flexibility index (Phi) is 15.9. The Morgan fingerprint density at radius 1 is 0.593 bits per heavy atom. The standard InChI is InChI=1S/3C10H14N2O5.C4H5N3O/c3*1-5-3-12(10(16)11-9(5)15)8-2-6(14)7(4-13)17-8;5-3-1-2-6-4(8)7-3/h3*3,6-8,13-14H,2,4H2,1H3,(H,11,15,16);1-2H,(H3,5,6,7,8)/t3*6-,7+,8+;/m000./s1. The van der Waals surface area contributed by atoms with Gasteiger partial charge in [0.1, 0.15) is 42.8 Å². The first-order valence-electron chi connectivity index (χ1n) is 18.0. The van der Waals surface area contributed by atoms with Crippen molar-refractivity contribution in [1.29, 1.82) is 0 Å². The molecule has 0 amide bonds. The molecule has 25 heteroatoms. The van der Waals surface area contributed by atoms with Gasteiger partial charge >= 0.3 is 22.8 Å². The molecule has 7 rings (SSSR count). The zero-order valence-corrected chi connectivity index (χ0v) is 32.0. The van der Waals surface area contributed by atoms with Gasteiger partial charge in [-0.2, -0.15) is 0 Å². The summed E-state index contributed by atoms with van der Waals surface area (Å²) in [7, 11) is 0.